The molecular weight excluding hydrogens is 300 g/mol. The number of carboxylic acid groups (broad SMARTS) is 1. The van der Waals surface area contributed by atoms with E-state index in [9.17, 15) is 9.59 Å². The maximum absolute atomic E-state index is 12.3. The fraction of sp³-hybridized carbons (Fsp3) is 0.312. The van der Waals surface area contributed by atoms with Crippen LogP contribution in [0.25, 0.3) is 0 Å². The number of rotatable bonds is 6. The number of benzene rings is 1. The number of nitrogens with zero attached hydrogens (tertiary/aromatic N) is 2. The molecule has 5 nitrogen and oxygen atoms in total. The first-order valence-corrected chi connectivity index (χ1v) is 7.76. The van der Waals surface area contributed by atoms with E-state index >= 15 is 0 Å². The van der Waals surface area contributed by atoms with Crippen LogP contribution in [0.4, 0.5) is 0 Å². The van der Waals surface area contributed by atoms with Gasteiger partial charge in [0.15, 0.2) is 0 Å². The van der Waals surface area contributed by atoms with E-state index in [2.05, 4.69) is 4.98 Å². The Kier molecular flexibility index (Phi) is 5.27. The lowest BCUT2D eigenvalue weighted by atomic mass is 10.2. The summed E-state index contributed by atoms with van der Waals surface area (Å²) in [6.07, 6.45) is 0.634. The smallest absolute Gasteiger partial charge is 0.305 e. The molecule has 1 heterocycles. The Morgan fingerprint density at radius 3 is 2.59 bits per heavy atom. The second-order valence-electron chi connectivity index (χ2n) is 5.05. The van der Waals surface area contributed by atoms with Crippen molar-refractivity contribution in [2.45, 2.75) is 19.8 Å². The van der Waals surface area contributed by atoms with E-state index in [0.717, 1.165) is 10.6 Å². The van der Waals surface area contributed by atoms with E-state index in [0.29, 0.717) is 17.0 Å². The quantitative estimate of drug-likeness (QED) is 0.888. The molecule has 0 aliphatic carbocycles. The predicted molar refractivity (Wildman–Crippen MR) is 85.3 cm³/mol. The van der Waals surface area contributed by atoms with Crippen molar-refractivity contribution < 1.29 is 14.7 Å². The van der Waals surface area contributed by atoms with Crippen LogP contribution < -0.4 is 0 Å². The Morgan fingerprint density at radius 1 is 1.27 bits per heavy atom. The molecule has 0 aliphatic rings. The molecule has 1 N–H and O–H groups in total. The minimum atomic E-state index is -0.912. The lowest BCUT2D eigenvalue weighted by Gasteiger charge is -2.14. The number of hydrogen-bond donors (Lipinski definition) is 1. The maximum atomic E-state index is 12.3. The van der Waals surface area contributed by atoms with Gasteiger partial charge in [0.1, 0.15) is 4.88 Å². The van der Waals surface area contributed by atoms with Gasteiger partial charge in [-0.15, -0.1) is 11.3 Å². The van der Waals surface area contributed by atoms with Crippen LogP contribution in [0.3, 0.4) is 0 Å². The summed E-state index contributed by atoms with van der Waals surface area (Å²) in [6, 6.07) is 9.96. The summed E-state index contributed by atoms with van der Waals surface area (Å²) in [4.78, 5) is 29.4. The number of amides is 1. The van der Waals surface area contributed by atoms with Crippen molar-refractivity contribution in [3.8, 4) is 0 Å². The summed E-state index contributed by atoms with van der Waals surface area (Å²) in [6.45, 7) is 2.00. The zero-order valence-electron chi connectivity index (χ0n) is 12.6. The Labute approximate surface area is 133 Å². The zero-order chi connectivity index (χ0) is 16.1. The molecule has 2 aromatic rings. The number of aromatic nitrogens is 1. The van der Waals surface area contributed by atoms with Gasteiger partial charge in [0.2, 0.25) is 0 Å². The molecule has 0 aliphatic heterocycles. The number of carbonyl (C=O) groups is 2. The lowest BCUT2D eigenvalue weighted by Crippen LogP contribution is -2.28. The number of carbonyl (C=O) groups excluding carboxylic acids is 1. The summed E-state index contributed by atoms with van der Waals surface area (Å²) in [7, 11) is 1.61. The van der Waals surface area contributed by atoms with E-state index in [4.69, 9.17) is 5.11 Å². The molecule has 1 aromatic carbocycles. The van der Waals surface area contributed by atoms with Gasteiger partial charge in [0.05, 0.1) is 17.1 Å². The van der Waals surface area contributed by atoms with Crippen molar-refractivity contribution in [1.29, 1.82) is 0 Å². The Bertz CT molecular complexity index is 667. The summed E-state index contributed by atoms with van der Waals surface area (Å²) in [5, 5.41) is 9.58. The lowest BCUT2D eigenvalue weighted by molar-refractivity contribution is -0.137. The average Bonchev–Trinajstić information content (AvgIpc) is 2.85. The van der Waals surface area contributed by atoms with Gasteiger partial charge in [-0.25, -0.2) is 4.98 Å². The molecule has 0 unspecified atom stereocenters. The molecule has 0 radical (unpaired) electrons. The van der Waals surface area contributed by atoms with Gasteiger partial charge in [0.25, 0.3) is 5.91 Å². The first-order valence-electron chi connectivity index (χ1n) is 6.95. The SMILES string of the molecule is Cc1nc(Cc2ccccc2)sc1C(=O)N(C)CCC(=O)O. The Hall–Kier alpha value is -2.21. The highest BCUT2D eigenvalue weighted by molar-refractivity contribution is 7.13. The summed E-state index contributed by atoms with van der Waals surface area (Å²) >= 11 is 1.38. The second-order valence-corrected chi connectivity index (χ2v) is 6.14. The number of aliphatic carboxylic acids is 1. The predicted octanol–water partition coefficient (Wildman–Crippen LogP) is 2.59. The van der Waals surface area contributed by atoms with Crippen LogP contribution in [0.2, 0.25) is 0 Å². The van der Waals surface area contributed by atoms with Gasteiger partial charge in [-0.3, -0.25) is 9.59 Å². The maximum Gasteiger partial charge on any atom is 0.305 e. The molecule has 2 rings (SSSR count). The van der Waals surface area contributed by atoms with Crippen molar-refractivity contribution in [2.75, 3.05) is 13.6 Å². The van der Waals surface area contributed by atoms with Gasteiger partial charge in [0, 0.05) is 20.0 Å². The van der Waals surface area contributed by atoms with Gasteiger partial charge < -0.3 is 10.0 Å². The third-order valence-electron chi connectivity index (χ3n) is 3.24. The second kappa shape index (κ2) is 7.17. The molecule has 0 bridgehead atoms. The Morgan fingerprint density at radius 2 is 1.95 bits per heavy atom. The van der Waals surface area contributed by atoms with Crippen molar-refractivity contribution in [2.24, 2.45) is 0 Å². The van der Waals surface area contributed by atoms with Crippen LogP contribution >= 0.6 is 11.3 Å². The van der Waals surface area contributed by atoms with E-state index in [1.807, 2.05) is 37.3 Å². The van der Waals surface area contributed by atoms with Crippen molar-refractivity contribution in [3.63, 3.8) is 0 Å². The number of carboxylic acids is 1. The molecule has 1 aromatic heterocycles. The standard InChI is InChI=1S/C16H18N2O3S/c1-11-15(16(21)18(2)9-8-14(19)20)22-13(17-11)10-12-6-4-3-5-7-12/h3-7H,8-10H2,1-2H3,(H,19,20). The molecule has 0 fully saturated rings. The highest BCUT2D eigenvalue weighted by Gasteiger charge is 2.19. The fourth-order valence-electron chi connectivity index (χ4n) is 2.04. The van der Waals surface area contributed by atoms with E-state index in [-0.39, 0.29) is 18.9 Å². The zero-order valence-corrected chi connectivity index (χ0v) is 13.4. The Balaban J connectivity index is 2.09. The monoisotopic (exact) mass is 318 g/mol. The molecule has 1 amide bonds. The van der Waals surface area contributed by atoms with Crippen LogP contribution in [0.15, 0.2) is 30.3 Å². The van der Waals surface area contributed by atoms with E-state index in [1.54, 1.807) is 7.05 Å². The highest BCUT2D eigenvalue weighted by Crippen LogP contribution is 2.22. The first-order chi connectivity index (χ1) is 10.5. The van der Waals surface area contributed by atoms with Crippen LogP contribution in [0.5, 0.6) is 0 Å². The first kappa shape index (κ1) is 16.2. The highest BCUT2D eigenvalue weighted by atomic mass is 32.1. The van der Waals surface area contributed by atoms with Crippen LogP contribution in [-0.4, -0.2) is 40.5 Å². The fourth-order valence-corrected chi connectivity index (χ4v) is 3.13. The van der Waals surface area contributed by atoms with E-state index in [1.165, 1.54) is 16.2 Å². The molecule has 0 saturated heterocycles. The third-order valence-corrected chi connectivity index (χ3v) is 4.39. The normalized spacial score (nSPS) is 10.5. The van der Waals surface area contributed by atoms with Gasteiger partial charge >= 0.3 is 5.97 Å². The number of aryl methyl sites for hydroxylation is 1. The number of thiazole rings is 1. The van der Waals surface area contributed by atoms with Crippen molar-refractivity contribution >= 4 is 23.2 Å². The molecule has 0 atom stereocenters. The van der Waals surface area contributed by atoms with Gasteiger partial charge in [-0.05, 0) is 12.5 Å². The minimum Gasteiger partial charge on any atom is -0.481 e. The third kappa shape index (κ3) is 4.14. The van der Waals surface area contributed by atoms with Gasteiger partial charge in [-0.1, -0.05) is 30.3 Å². The van der Waals surface area contributed by atoms with Crippen LogP contribution in [0.1, 0.15) is 32.4 Å². The molecule has 6 heteroatoms. The minimum absolute atomic E-state index is 0.0586. The summed E-state index contributed by atoms with van der Waals surface area (Å²) < 4.78 is 0. The van der Waals surface area contributed by atoms with Crippen molar-refractivity contribution in [3.05, 3.63) is 51.5 Å². The van der Waals surface area contributed by atoms with Gasteiger partial charge in [-0.2, -0.15) is 0 Å². The average molecular weight is 318 g/mol. The molecule has 0 spiro atoms. The topological polar surface area (TPSA) is 70.5 Å². The number of hydrogen-bond acceptors (Lipinski definition) is 4. The molecule has 116 valence electrons. The summed E-state index contributed by atoms with van der Waals surface area (Å²) in [5.41, 5.74) is 1.84. The molecule has 22 heavy (non-hydrogen) atoms. The van der Waals surface area contributed by atoms with Crippen LogP contribution in [0, 0.1) is 6.92 Å². The molecular formula is C16H18N2O3S. The summed E-state index contributed by atoms with van der Waals surface area (Å²) in [5.74, 6) is -1.08. The van der Waals surface area contributed by atoms with E-state index < -0.39 is 5.97 Å². The molecule has 0 saturated carbocycles. The largest absolute Gasteiger partial charge is 0.481 e. The van der Waals surface area contributed by atoms with Crippen molar-refractivity contribution in [1.82, 2.24) is 9.88 Å². The van der Waals surface area contributed by atoms with Crippen LogP contribution in [-0.2, 0) is 11.2 Å².